The summed E-state index contributed by atoms with van der Waals surface area (Å²) in [7, 11) is 0. The van der Waals surface area contributed by atoms with E-state index in [1.165, 1.54) is 115 Å². The average Bonchev–Trinajstić information content (AvgIpc) is 3.09. The fraction of sp³-hybridized carbons (Fsp3) is 0.744. The predicted molar refractivity (Wildman–Crippen MR) is 205 cm³/mol. The molecule has 0 aliphatic heterocycles. The maximum absolute atomic E-state index is 12.0. The first-order valence-electron chi connectivity index (χ1n) is 20.1. The third-order valence-electron chi connectivity index (χ3n) is 8.54. The van der Waals surface area contributed by atoms with Crippen LogP contribution in [-0.2, 0) is 23.9 Å². The molecule has 1 atom stereocenters. The van der Waals surface area contributed by atoms with E-state index in [-0.39, 0.29) is 37.8 Å². The number of esters is 2. The largest absolute Gasteiger partial charge is 0.463 e. The molecule has 0 spiro atoms. The first-order chi connectivity index (χ1) is 24.0. The lowest BCUT2D eigenvalue weighted by molar-refractivity contribution is -0.152. The Morgan fingerprint density at radius 3 is 1.45 bits per heavy atom. The number of hydrogen-bond donors (Lipinski definition) is 1. The number of carbonyl (C=O) groups is 3. The molecule has 0 rings (SSSR count). The lowest BCUT2D eigenvalue weighted by atomic mass is 10.0. The van der Waals surface area contributed by atoms with Gasteiger partial charge in [0.1, 0.15) is 19.3 Å². The van der Waals surface area contributed by atoms with Crippen molar-refractivity contribution in [2.75, 3.05) is 13.2 Å². The fourth-order valence-electron chi connectivity index (χ4n) is 5.45. The van der Waals surface area contributed by atoms with Crippen molar-refractivity contribution in [3.63, 3.8) is 0 Å². The topological polar surface area (TPSA) is 89.9 Å². The molecule has 0 fully saturated rings. The number of unbranched alkanes of at least 4 members (excludes halogenated alkanes) is 19. The molecule has 6 nitrogen and oxygen atoms in total. The molecular formula is C43H74O6. The van der Waals surface area contributed by atoms with Gasteiger partial charge in [-0.1, -0.05) is 172 Å². The molecule has 0 aliphatic carbocycles. The van der Waals surface area contributed by atoms with Gasteiger partial charge in [0.05, 0.1) is 0 Å². The van der Waals surface area contributed by atoms with Gasteiger partial charge in [-0.25, -0.2) is 0 Å². The van der Waals surface area contributed by atoms with Crippen LogP contribution in [0.25, 0.3) is 0 Å². The number of ketones is 1. The molecule has 0 aromatic carbocycles. The summed E-state index contributed by atoms with van der Waals surface area (Å²) in [6.45, 7) is 4.07. The van der Waals surface area contributed by atoms with Gasteiger partial charge in [-0.3, -0.25) is 14.4 Å². The lowest BCUT2D eigenvalue weighted by Gasteiger charge is -2.12. The van der Waals surface area contributed by atoms with E-state index in [0.29, 0.717) is 12.8 Å². The van der Waals surface area contributed by atoms with Gasteiger partial charge in [-0.05, 0) is 44.6 Å². The molecule has 0 aliphatic rings. The lowest BCUT2D eigenvalue weighted by Crippen LogP contribution is -2.25. The van der Waals surface area contributed by atoms with Crippen molar-refractivity contribution in [3.8, 4) is 0 Å². The highest BCUT2D eigenvalue weighted by molar-refractivity contribution is 5.90. The maximum atomic E-state index is 12.0. The zero-order valence-corrected chi connectivity index (χ0v) is 31.7. The molecule has 0 radical (unpaired) electrons. The number of allylic oxidation sites excluding steroid dienone is 8. The second-order valence-corrected chi connectivity index (χ2v) is 13.4. The van der Waals surface area contributed by atoms with Crippen LogP contribution in [0.4, 0.5) is 0 Å². The summed E-state index contributed by atoms with van der Waals surface area (Å²) in [5.41, 5.74) is 0. The fourth-order valence-corrected chi connectivity index (χ4v) is 5.45. The minimum absolute atomic E-state index is 0.0484. The molecule has 49 heavy (non-hydrogen) atoms. The normalized spacial score (nSPS) is 12.6. The summed E-state index contributed by atoms with van der Waals surface area (Å²) >= 11 is 0. The molecular weight excluding hydrogens is 612 g/mol. The van der Waals surface area contributed by atoms with Gasteiger partial charge in [0.15, 0.2) is 5.78 Å². The van der Waals surface area contributed by atoms with Crippen LogP contribution in [0.5, 0.6) is 0 Å². The summed E-state index contributed by atoms with van der Waals surface area (Å²) in [5.74, 6) is -0.856. The van der Waals surface area contributed by atoms with Crippen molar-refractivity contribution in [1.82, 2.24) is 0 Å². The molecule has 0 heterocycles. The van der Waals surface area contributed by atoms with Crippen molar-refractivity contribution in [3.05, 3.63) is 48.6 Å². The first kappa shape index (κ1) is 46.5. The van der Waals surface area contributed by atoms with Gasteiger partial charge in [0.25, 0.3) is 0 Å². The molecule has 0 saturated carbocycles. The van der Waals surface area contributed by atoms with E-state index >= 15 is 0 Å². The average molecular weight is 687 g/mol. The van der Waals surface area contributed by atoms with Gasteiger partial charge < -0.3 is 14.6 Å². The van der Waals surface area contributed by atoms with Crippen molar-refractivity contribution < 1.29 is 29.0 Å². The number of ether oxygens (including phenoxy) is 2. The Morgan fingerprint density at radius 1 is 0.490 bits per heavy atom. The molecule has 0 amide bonds. The van der Waals surface area contributed by atoms with E-state index < -0.39 is 12.1 Å². The van der Waals surface area contributed by atoms with E-state index in [9.17, 15) is 19.5 Å². The smallest absolute Gasteiger partial charge is 0.305 e. The van der Waals surface area contributed by atoms with Crippen molar-refractivity contribution >= 4 is 17.7 Å². The van der Waals surface area contributed by atoms with Gasteiger partial charge in [-0.15, -0.1) is 0 Å². The molecule has 282 valence electrons. The Kier molecular flexibility index (Phi) is 36.4. The van der Waals surface area contributed by atoms with Crippen LogP contribution in [0.1, 0.15) is 187 Å². The third-order valence-corrected chi connectivity index (χ3v) is 8.54. The Bertz CT molecular complexity index is 887. The zero-order valence-electron chi connectivity index (χ0n) is 31.7. The van der Waals surface area contributed by atoms with Gasteiger partial charge in [-0.2, -0.15) is 0 Å². The van der Waals surface area contributed by atoms with Crippen LogP contribution in [0.3, 0.4) is 0 Å². The Hall–Kier alpha value is -2.47. The van der Waals surface area contributed by atoms with Crippen LogP contribution in [0, 0.1) is 0 Å². The number of aliphatic hydroxyl groups excluding tert-OH is 1. The molecule has 6 heteroatoms. The van der Waals surface area contributed by atoms with Crippen molar-refractivity contribution in [1.29, 1.82) is 0 Å². The first-order valence-corrected chi connectivity index (χ1v) is 20.1. The van der Waals surface area contributed by atoms with E-state index in [0.717, 1.165) is 38.5 Å². The van der Waals surface area contributed by atoms with Crippen molar-refractivity contribution in [2.24, 2.45) is 0 Å². The van der Waals surface area contributed by atoms with Gasteiger partial charge in [0.2, 0.25) is 0 Å². The standard InChI is InChI=1S/C43H74O6/c1-3-5-7-9-11-13-15-17-18-19-20-22-24-26-28-30-32-36-42(46)48-38-41(45)39-49-43(47)37-33-35-40(44)34-31-29-27-25-23-21-16-14-12-10-8-6-4-2/h12,14,21,23,27,29,31,34,41,45H,3-11,13,15-20,22,24-26,28,30,32-33,35-39H2,1-2H3/b14-12-,23-21-,29-27-,34-31+/t41-/m0/s1. The second-order valence-electron chi connectivity index (χ2n) is 13.4. The number of aliphatic hydroxyl groups is 1. The summed E-state index contributed by atoms with van der Waals surface area (Å²) in [4.78, 5) is 35.9. The summed E-state index contributed by atoms with van der Waals surface area (Å²) in [5, 5.41) is 10.00. The minimum Gasteiger partial charge on any atom is -0.463 e. The molecule has 0 aromatic heterocycles. The monoisotopic (exact) mass is 687 g/mol. The minimum atomic E-state index is -1.05. The quantitative estimate of drug-likeness (QED) is 0.0232. The molecule has 0 saturated heterocycles. The molecule has 0 aromatic rings. The molecule has 0 bridgehead atoms. The van der Waals surface area contributed by atoms with Crippen LogP contribution in [0.15, 0.2) is 48.6 Å². The molecule has 0 unspecified atom stereocenters. The highest BCUT2D eigenvalue weighted by atomic mass is 16.6. The highest BCUT2D eigenvalue weighted by Gasteiger charge is 2.12. The van der Waals surface area contributed by atoms with E-state index in [1.54, 1.807) is 6.08 Å². The number of hydrogen-bond acceptors (Lipinski definition) is 6. The molecule has 1 N–H and O–H groups in total. The van der Waals surface area contributed by atoms with E-state index in [4.69, 9.17) is 9.47 Å². The Balaban J connectivity index is 3.61. The van der Waals surface area contributed by atoms with Crippen LogP contribution >= 0.6 is 0 Å². The van der Waals surface area contributed by atoms with E-state index in [2.05, 4.69) is 38.2 Å². The van der Waals surface area contributed by atoms with Crippen molar-refractivity contribution in [2.45, 2.75) is 193 Å². The van der Waals surface area contributed by atoms with Gasteiger partial charge in [0, 0.05) is 19.3 Å². The van der Waals surface area contributed by atoms with Crippen LogP contribution in [0.2, 0.25) is 0 Å². The Morgan fingerprint density at radius 2 is 0.918 bits per heavy atom. The zero-order chi connectivity index (χ0) is 35.9. The number of rotatable bonds is 36. The number of carbonyl (C=O) groups excluding carboxylic acids is 3. The van der Waals surface area contributed by atoms with Crippen LogP contribution in [-0.4, -0.2) is 42.1 Å². The van der Waals surface area contributed by atoms with Gasteiger partial charge >= 0.3 is 11.9 Å². The third kappa shape index (κ3) is 38.2. The predicted octanol–water partition coefficient (Wildman–Crippen LogP) is 11.8. The summed E-state index contributed by atoms with van der Waals surface area (Å²) in [6.07, 6.45) is 44.5. The second kappa shape index (κ2) is 38.3. The maximum Gasteiger partial charge on any atom is 0.305 e. The highest BCUT2D eigenvalue weighted by Crippen LogP contribution is 2.14. The summed E-state index contributed by atoms with van der Waals surface area (Å²) in [6, 6.07) is 0. The summed E-state index contributed by atoms with van der Waals surface area (Å²) < 4.78 is 10.2. The van der Waals surface area contributed by atoms with Crippen LogP contribution < -0.4 is 0 Å². The Labute approximate surface area is 301 Å². The van der Waals surface area contributed by atoms with E-state index in [1.807, 2.05) is 12.2 Å². The SMILES string of the molecule is CCCCC/C=C\C/C=C\C/C=C\C=C\C(=O)CCCC(=O)OC[C@@H](O)COC(=O)CCCCCCCCCCCCCCCCCCC.